The molecular weight excluding hydrogens is 264 g/mol. The first-order valence-electron chi connectivity index (χ1n) is 6.00. The smallest absolute Gasteiger partial charge is 0.136 e. The lowest BCUT2D eigenvalue weighted by atomic mass is 9.81. The molecule has 1 nitrogen and oxygen atoms in total. The number of carbonyl (C=O) groups excluding carboxylic acids is 1. The molecule has 2 rings (SSSR count). The average Bonchev–Trinajstić information content (AvgIpc) is 2.28. The monoisotopic (exact) mass is 280 g/mol. The number of hydrogen-bond acceptors (Lipinski definition) is 1. The Morgan fingerprint density at radius 1 is 1.44 bits per heavy atom. The first kappa shape index (κ1) is 11.8. The number of carbonyl (C=O) groups is 1. The molecule has 0 aromatic heterocycles. The van der Waals surface area contributed by atoms with Gasteiger partial charge in [-0.2, -0.15) is 0 Å². The van der Waals surface area contributed by atoms with Gasteiger partial charge in [-0.3, -0.25) is 4.79 Å². The molecular formula is C14H17BrO. The Hall–Kier alpha value is -0.630. The molecule has 0 N–H and O–H groups in total. The highest BCUT2D eigenvalue weighted by molar-refractivity contribution is 9.10. The van der Waals surface area contributed by atoms with Crippen LogP contribution in [-0.2, 0) is 17.6 Å². The largest absolute Gasteiger partial charge is 0.299 e. The minimum absolute atomic E-state index is 0.272. The molecule has 0 amide bonds. The van der Waals surface area contributed by atoms with Crippen molar-refractivity contribution in [3.05, 3.63) is 33.8 Å². The maximum atomic E-state index is 11.9. The third kappa shape index (κ3) is 2.54. The Bertz CT molecular complexity index is 398. The molecule has 0 radical (unpaired) electrons. The van der Waals surface area contributed by atoms with E-state index in [2.05, 4.69) is 41.1 Å². The number of rotatable bonds is 3. The van der Waals surface area contributed by atoms with E-state index in [-0.39, 0.29) is 5.92 Å². The second kappa shape index (κ2) is 5.13. The molecule has 86 valence electrons. The Kier molecular flexibility index (Phi) is 3.80. The van der Waals surface area contributed by atoms with Crippen molar-refractivity contribution >= 4 is 21.7 Å². The predicted octanol–water partition coefficient (Wildman–Crippen LogP) is 3.92. The minimum atomic E-state index is 0.272. The molecule has 1 unspecified atom stereocenters. The van der Waals surface area contributed by atoms with Gasteiger partial charge in [-0.1, -0.05) is 28.9 Å². The quantitative estimate of drug-likeness (QED) is 0.820. The normalized spacial score (nSPS) is 19.2. The maximum absolute atomic E-state index is 11.9. The van der Waals surface area contributed by atoms with Crippen LogP contribution in [0.2, 0.25) is 0 Å². The van der Waals surface area contributed by atoms with Crippen molar-refractivity contribution < 1.29 is 4.79 Å². The molecule has 0 saturated carbocycles. The molecule has 0 heterocycles. The van der Waals surface area contributed by atoms with Crippen LogP contribution in [0.5, 0.6) is 0 Å². The SMILES string of the molecule is CCCC(=O)C1CCc2cc(Br)ccc2C1. The van der Waals surface area contributed by atoms with E-state index in [1.807, 2.05) is 0 Å². The summed E-state index contributed by atoms with van der Waals surface area (Å²) < 4.78 is 1.14. The zero-order valence-electron chi connectivity index (χ0n) is 9.63. The van der Waals surface area contributed by atoms with E-state index >= 15 is 0 Å². The van der Waals surface area contributed by atoms with Crippen LogP contribution >= 0.6 is 15.9 Å². The Morgan fingerprint density at radius 2 is 2.25 bits per heavy atom. The fourth-order valence-corrected chi connectivity index (χ4v) is 2.86. The summed E-state index contributed by atoms with van der Waals surface area (Å²) in [6, 6.07) is 6.42. The number of halogens is 1. The minimum Gasteiger partial charge on any atom is -0.299 e. The standard InChI is InChI=1S/C14H17BrO/c1-2-3-14(16)12-5-4-11-9-13(15)7-6-10(11)8-12/h6-7,9,12H,2-5,8H2,1H3. The van der Waals surface area contributed by atoms with Gasteiger partial charge in [0.15, 0.2) is 0 Å². The molecule has 1 atom stereocenters. The number of benzene rings is 1. The summed E-state index contributed by atoms with van der Waals surface area (Å²) in [5.41, 5.74) is 2.78. The van der Waals surface area contributed by atoms with Gasteiger partial charge in [-0.15, -0.1) is 0 Å². The molecule has 1 aliphatic rings. The Labute approximate surface area is 105 Å². The van der Waals surface area contributed by atoms with Crippen LogP contribution in [0, 0.1) is 5.92 Å². The highest BCUT2D eigenvalue weighted by Crippen LogP contribution is 2.29. The fourth-order valence-electron chi connectivity index (χ4n) is 2.45. The predicted molar refractivity (Wildman–Crippen MR) is 69.6 cm³/mol. The molecule has 1 aromatic carbocycles. The van der Waals surface area contributed by atoms with Gasteiger partial charge in [0.1, 0.15) is 5.78 Å². The van der Waals surface area contributed by atoms with E-state index in [0.717, 1.165) is 36.6 Å². The molecule has 16 heavy (non-hydrogen) atoms. The summed E-state index contributed by atoms with van der Waals surface area (Å²) in [6.45, 7) is 2.08. The summed E-state index contributed by atoms with van der Waals surface area (Å²) in [6.07, 6.45) is 4.75. The topological polar surface area (TPSA) is 17.1 Å². The van der Waals surface area contributed by atoms with Gasteiger partial charge in [0.05, 0.1) is 0 Å². The van der Waals surface area contributed by atoms with Crippen LogP contribution in [0.1, 0.15) is 37.3 Å². The number of fused-ring (bicyclic) bond motifs is 1. The molecule has 2 heteroatoms. The van der Waals surface area contributed by atoms with Gasteiger partial charge in [-0.25, -0.2) is 0 Å². The van der Waals surface area contributed by atoms with E-state index < -0.39 is 0 Å². The molecule has 0 fully saturated rings. The van der Waals surface area contributed by atoms with E-state index in [1.54, 1.807) is 0 Å². The average molecular weight is 281 g/mol. The van der Waals surface area contributed by atoms with Crippen LogP contribution in [0.25, 0.3) is 0 Å². The summed E-state index contributed by atoms with van der Waals surface area (Å²) in [7, 11) is 0. The lowest BCUT2D eigenvalue weighted by Crippen LogP contribution is -2.22. The number of ketones is 1. The number of Topliss-reactive ketones (excluding diaryl/α,β-unsaturated/α-hetero) is 1. The van der Waals surface area contributed by atoms with E-state index in [9.17, 15) is 4.79 Å². The van der Waals surface area contributed by atoms with Gasteiger partial charge in [0.25, 0.3) is 0 Å². The summed E-state index contributed by atoms with van der Waals surface area (Å²) >= 11 is 3.49. The van der Waals surface area contributed by atoms with E-state index in [4.69, 9.17) is 0 Å². The molecule has 0 saturated heterocycles. The zero-order valence-corrected chi connectivity index (χ0v) is 11.2. The van der Waals surface area contributed by atoms with Gasteiger partial charge in [-0.05, 0) is 48.9 Å². The highest BCUT2D eigenvalue weighted by atomic mass is 79.9. The lowest BCUT2D eigenvalue weighted by Gasteiger charge is -2.23. The Morgan fingerprint density at radius 3 is 3.00 bits per heavy atom. The summed E-state index contributed by atoms with van der Waals surface area (Å²) in [5, 5.41) is 0. The van der Waals surface area contributed by atoms with Gasteiger partial charge in [0.2, 0.25) is 0 Å². The van der Waals surface area contributed by atoms with Crippen molar-refractivity contribution in [3.8, 4) is 0 Å². The van der Waals surface area contributed by atoms with Crippen LogP contribution in [-0.4, -0.2) is 5.78 Å². The zero-order chi connectivity index (χ0) is 11.5. The van der Waals surface area contributed by atoms with Crippen molar-refractivity contribution in [3.63, 3.8) is 0 Å². The second-order valence-electron chi connectivity index (χ2n) is 4.57. The van der Waals surface area contributed by atoms with Crippen molar-refractivity contribution in [2.75, 3.05) is 0 Å². The first-order chi connectivity index (χ1) is 7.70. The van der Waals surface area contributed by atoms with Crippen LogP contribution in [0.3, 0.4) is 0 Å². The van der Waals surface area contributed by atoms with Gasteiger partial charge < -0.3 is 0 Å². The Balaban J connectivity index is 2.12. The molecule has 1 aliphatic carbocycles. The molecule has 0 aliphatic heterocycles. The van der Waals surface area contributed by atoms with Crippen molar-refractivity contribution in [1.29, 1.82) is 0 Å². The van der Waals surface area contributed by atoms with Crippen LogP contribution in [0.15, 0.2) is 22.7 Å². The summed E-state index contributed by atoms with van der Waals surface area (Å²) in [4.78, 5) is 11.9. The van der Waals surface area contributed by atoms with E-state index in [0.29, 0.717) is 5.78 Å². The molecule has 1 aromatic rings. The highest BCUT2D eigenvalue weighted by Gasteiger charge is 2.23. The second-order valence-corrected chi connectivity index (χ2v) is 5.48. The fraction of sp³-hybridized carbons (Fsp3) is 0.500. The summed E-state index contributed by atoms with van der Waals surface area (Å²) in [5.74, 6) is 0.727. The number of aryl methyl sites for hydroxylation is 1. The maximum Gasteiger partial charge on any atom is 0.136 e. The van der Waals surface area contributed by atoms with E-state index in [1.165, 1.54) is 11.1 Å². The lowest BCUT2D eigenvalue weighted by molar-refractivity contribution is -0.123. The van der Waals surface area contributed by atoms with Crippen LogP contribution in [0.4, 0.5) is 0 Å². The third-order valence-corrected chi connectivity index (χ3v) is 3.84. The van der Waals surface area contributed by atoms with Crippen LogP contribution < -0.4 is 0 Å². The third-order valence-electron chi connectivity index (χ3n) is 3.35. The molecule has 0 spiro atoms. The van der Waals surface area contributed by atoms with Crippen molar-refractivity contribution in [1.82, 2.24) is 0 Å². The van der Waals surface area contributed by atoms with Crippen molar-refractivity contribution in [2.24, 2.45) is 5.92 Å². The number of hydrogen-bond donors (Lipinski definition) is 0. The van der Waals surface area contributed by atoms with Gasteiger partial charge >= 0.3 is 0 Å². The van der Waals surface area contributed by atoms with Crippen molar-refractivity contribution in [2.45, 2.75) is 39.0 Å². The molecule has 0 bridgehead atoms. The first-order valence-corrected chi connectivity index (χ1v) is 6.80. The van der Waals surface area contributed by atoms with Gasteiger partial charge in [0, 0.05) is 16.8 Å².